The van der Waals surface area contributed by atoms with Crippen molar-refractivity contribution < 1.29 is 13.2 Å². The van der Waals surface area contributed by atoms with E-state index in [2.05, 4.69) is 5.32 Å². The molecule has 1 aromatic carbocycles. The second kappa shape index (κ2) is 8.11. The Labute approximate surface area is 152 Å². The zero-order chi connectivity index (χ0) is 16.3. The summed E-state index contributed by atoms with van der Waals surface area (Å²) in [6, 6.07) is 11.4. The zero-order valence-corrected chi connectivity index (χ0v) is 15.4. The lowest BCUT2D eigenvalue weighted by molar-refractivity contribution is 0.0771. The lowest BCUT2D eigenvalue weighted by atomic mass is 10.3. The van der Waals surface area contributed by atoms with Gasteiger partial charge in [0.05, 0.1) is 9.77 Å². The Bertz CT molecular complexity index is 783. The molecule has 5 nitrogen and oxygen atoms in total. The molecule has 0 bridgehead atoms. The third kappa shape index (κ3) is 3.97. The van der Waals surface area contributed by atoms with Crippen LogP contribution in [0, 0.1) is 0 Å². The number of sulfone groups is 1. The molecule has 1 aliphatic heterocycles. The number of thiophene rings is 1. The van der Waals surface area contributed by atoms with E-state index in [1.807, 2.05) is 0 Å². The second-order valence-corrected chi connectivity index (χ2v) is 8.59. The van der Waals surface area contributed by atoms with Crippen LogP contribution < -0.4 is 5.32 Å². The summed E-state index contributed by atoms with van der Waals surface area (Å²) in [7, 11) is -3.55. The van der Waals surface area contributed by atoms with E-state index < -0.39 is 9.84 Å². The molecule has 130 valence electrons. The molecule has 24 heavy (non-hydrogen) atoms. The fourth-order valence-corrected chi connectivity index (χ4v) is 5.20. The van der Waals surface area contributed by atoms with Crippen molar-refractivity contribution in [3.05, 3.63) is 47.3 Å². The normalized spacial score (nSPS) is 15.4. The molecule has 3 rings (SSSR count). The Morgan fingerprint density at radius 1 is 1.04 bits per heavy atom. The highest BCUT2D eigenvalue weighted by Crippen LogP contribution is 2.28. The molecular formula is C16H19ClN2O3S2. The van der Waals surface area contributed by atoms with Crippen molar-refractivity contribution in [2.24, 2.45) is 0 Å². The third-order valence-electron chi connectivity index (χ3n) is 3.74. The smallest absolute Gasteiger partial charge is 0.264 e. The molecule has 0 atom stereocenters. The summed E-state index contributed by atoms with van der Waals surface area (Å²) >= 11 is 1.04. The number of halogens is 1. The molecule has 2 heterocycles. The van der Waals surface area contributed by atoms with Gasteiger partial charge in [-0.15, -0.1) is 23.7 Å². The van der Waals surface area contributed by atoms with E-state index in [0.29, 0.717) is 18.0 Å². The first kappa shape index (κ1) is 18.9. The number of rotatable bonds is 3. The molecule has 0 unspecified atom stereocenters. The Kier molecular flexibility index (Phi) is 6.40. The van der Waals surface area contributed by atoms with Gasteiger partial charge in [0.15, 0.2) is 0 Å². The SMILES string of the molecule is Cl.O=C(c1ccc(S(=O)(=O)c2ccccc2)s1)N1CCCNCC1. The van der Waals surface area contributed by atoms with E-state index in [1.54, 1.807) is 41.3 Å². The van der Waals surface area contributed by atoms with Crippen LogP contribution in [-0.2, 0) is 9.84 Å². The van der Waals surface area contributed by atoms with Crippen LogP contribution in [0.1, 0.15) is 16.1 Å². The van der Waals surface area contributed by atoms with Gasteiger partial charge in [0.1, 0.15) is 4.21 Å². The van der Waals surface area contributed by atoms with E-state index in [1.165, 1.54) is 6.07 Å². The van der Waals surface area contributed by atoms with Crippen LogP contribution in [0.5, 0.6) is 0 Å². The first-order valence-electron chi connectivity index (χ1n) is 7.49. The van der Waals surface area contributed by atoms with E-state index in [4.69, 9.17) is 0 Å². The third-order valence-corrected chi connectivity index (χ3v) is 7.07. The van der Waals surface area contributed by atoms with Crippen LogP contribution in [-0.4, -0.2) is 45.4 Å². The fraction of sp³-hybridized carbons (Fsp3) is 0.312. The van der Waals surface area contributed by atoms with Crippen molar-refractivity contribution in [3.63, 3.8) is 0 Å². The number of carbonyl (C=O) groups excluding carboxylic acids is 1. The monoisotopic (exact) mass is 386 g/mol. The van der Waals surface area contributed by atoms with Gasteiger partial charge in [-0.05, 0) is 37.2 Å². The van der Waals surface area contributed by atoms with E-state index in [9.17, 15) is 13.2 Å². The minimum atomic E-state index is -3.55. The van der Waals surface area contributed by atoms with Gasteiger partial charge in [0, 0.05) is 19.6 Å². The van der Waals surface area contributed by atoms with E-state index >= 15 is 0 Å². The fourth-order valence-electron chi connectivity index (χ4n) is 2.50. The molecule has 1 amide bonds. The molecule has 0 saturated carbocycles. The summed E-state index contributed by atoms with van der Waals surface area (Å²) in [5.41, 5.74) is 0. The number of hydrogen-bond acceptors (Lipinski definition) is 5. The molecule has 0 aliphatic carbocycles. The van der Waals surface area contributed by atoms with E-state index in [0.717, 1.165) is 30.8 Å². The van der Waals surface area contributed by atoms with Crippen molar-refractivity contribution in [2.75, 3.05) is 26.2 Å². The highest BCUT2D eigenvalue weighted by Gasteiger charge is 2.24. The van der Waals surface area contributed by atoms with Gasteiger partial charge in [-0.1, -0.05) is 18.2 Å². The molecule has 1 saturated heterocycles. The molecule has 2 aromatic rings. The predicted molar refractivity (Wildman–Crippen MR) is 96.9 cm³/mol. The average molecular weight is 387 g/mol. The summed E-state index contributed by atoms with van der Waals surface area (Å²) in [5.74, 6) is -0.0896. The van der Waals surface area contributed by atoms with Crippen LogP contribution in [0.4, 0.5) is 0 Å². The first-order chi connectivity index (χ1) is 11.1. The Balaban J connectivity index is 0.00000208. The quantitative estimate of drug-likeness (QED) is 0.879. The number of benzene rings is 1. The van der Waals surface area contributed by atoms with Crippen LogP contribution in [0.3, 0.4) is 0 Å². The molecule has 1 fully saturated rings. The standard InChI is InChI=1S/C16H18N2O3S2.ClH/c19-16(18-11-4-9-17-10-12-18)14-7-8-15(22-14)23(20,21)13-5-2-1-3-6-13;/h1-3,5-8,17H,4,9-12H2;1H. The van der Waals surface area contributed by atoms with Crippen LogP contribution in [0.25, 0.3) is 0 Å². The minimum Gasteiger partial charge on any atom is -0.337 e. The topological polar surface area (TPSA) is 66.5 Å². The summed E-state index contributed by atoms with van der Waals surface area (Å²) in [5, 5.41) is 3.25. The Morgan fingerprint density at radius 3 is 2.54 bits per heavy atom. The first-order valence-corrected chi connectivity index (χ1v) is 9.79. The Morgan fingerprint density at radius 2 is 1.79 bits per heavy atom. The molecule has 1 N–H and O–H groups in total. The number of nitrogens with one attached hydrogen (secondary N) is 1. The molecule has 0 radical (unpaired) electrons. The number of amides is 1. The average Bonchev–Trinajstić information content (AvgIpc) is 2.92. The molecule has 0 spiro atoms. The molecule has 1 aromatic heterocycles. The van der Waals surface area contributed by atoms with Crippen molar-refractivity contribution in [2.45, 2.75) is 15.5 Å². The van der Waals surface area contributed by atoms with E-state index in [-0.39, 0.29) is 27.4 Å². The van der Waals surface area contributed by atoms with Gasteiger partial charge in [-0.25, -0.2) is 8.42 Å². The maximum Gasteiger partial charge on any atom is 0.264 e. The van der Waals surface area contributed by atoms with Crippen molar-refractivity contribution in [1.82, 2.24) is 10.2 Å². The maximum absolute atomic E-state index is 12.6. The molecule has 8 heteroatoms. The van der Waals surface area contributed by atoms with Gasteiger partial charge in [-0.3, -0.25) is 4.79 Å². The van der Waals surface area contributed by atoms with Gasteiger partial charge in [0.25, 0.3) is 5.91 Å². The van der Waals surface area contributed by atoms with Gasteiger partial charge >= 0.3 is 0 Å². The summed E-state index contributed by atoms with van der Waals surface area (Å²) in [6.45, 7) is 3.02. The van der Waals surface area contributed by atoms with Gasteiger partial charge in [0.2, 0.25) is 9.84 Å². The molecular weight excluding hydrogens is 368 g/mol. The number of carbonyl (C=O) groups is 1. The van der Waals surface area contributed by atoms with Crippen molar-refractivity contribution in [1.29, 1.82) is 0 Å². The predicted octanol–water partition coefficient (Wildman–Crippen LogP) is 2.44. The minimum absolute atomic E-state index is 0. The lowest BCUT2D eigenvalue weighted by Gasteiger charge is -2.18. The van der Waals surface area contributed by atoms with Crippen LogP contribution >= 0.6 is 23.7 Å². The summed E-state index contributed by atoms with van der Waals surface area (Å²) in [6.07, 6.45) is 0.909. The molecule has 1 aliphatic rings. The zero-order valence-electron chi connectivity index (χ0n) is 13.0. The van der Waals surface area contributed by atoms with Gasteiger partial charge < -0.3 is 10.2 Å². The van der Waals surface area contributed by atoms with Gasteiger partial charge in [-0.2, -0.15) is 0 Å². The van der Waals surface area contributed by atoms with Crippen molar-refractivity contribution in [3.8, 4) is 0 Å². The largest absolute Gasteiger partial charge is 0.337 e. The van der Waals surface area contributed by atoms with Crippen LogP contribution in [0.2, 0.25) is 0 Å². The summed E-state index contributed by atoms with van der Waals surface area (Å²) < 4.78 is 25.4. The second-order valence-electron chi connectivity index (χ2n) is 5.33. The highest BCUT2D eigenvalue weighted by molar-refractivity contribution is 7.93. The highest BCUT2D eigenvalue weighted by atomic mass is 35.5. The number of nitrogens with zero attached hydrogens (tertiary/aromatic N) is 1. The maximum atomic E-state index is 12.6. The number of hydrogen-bond donors (Lipinski definition) is 1. The van der Waals surface area contributed by atoms with Crippen molar-refractivity contribution >= 4 is 39.5 Å². The van der Waals surface area contributed by atoms with Crippen LogP contribution in [0.15, 0.2) is 51.6 Å². The Hall–Kier alpha value is -1.41. The summed E-state index contributed by atoms with van der Waals surface area (Å²) in [4.78, 5) is 15.0. The lowest BCUT2D eigenvalue weighted by Crippen LogP contribution is -2.33.